The second kappa shape index (κ2) is 15.6. The van der Waals surface area contributed by atoms with Crippen LogP contribution in [0.15, 0.2) is 48.5 Å². The molecule has 0 bridgehead atoms. The van der Waals surface area contributed by atoms with E-state index in [1.165, 1.54) is 5.56 Å². The quantitative estimate of drug-likeness (QED) is 0.232. The van der Waals surface area contributed by atoms with Gasteiger partial charge in [0.2, 0.25) is 11.8 Å². The number of rotatable bonds is 9. The lowest BCUT2D eigenvalue weighted by molar-refractivity contribution is -0.143. The van der Waals surface area contributed by atoms with Crippen molar-refractivity contribution in [2.75, 3.05) is 32.6 Å². The Morgan fingerprint density at radius 3 is 2.33 bits per heavy atom. The van der Waals surface area contributed by atoms with Crippen LogP contribution in [0.1, 0.15) is 61.0 Å². The molecule has 0 unspecified atom stereocenters. The molecule has 2 aliphatic carbocycles. The molecule has 258 valence electrons. The molecule has 0 radical (unpaired) electrons. The molecule has 2 fully saturated rings. The van der Waals surface area contributed by atoms with E-state index in [4.69, 9.17) is 27.4 Å². The summed E-state index contributed by atoms with van der Waals surface area (Å²) >= 11 is 7.20. The van der Waals surface area contributed by atoms with Gasteiger partial charge in [-0.15, -0.1) is 11.8 Å². The van der Waals surface area contributed by atoms with Crippen molar-refractivity contribution in [3.63, 3.8) is 0 Å². The molecule has 5 N–H and O–H groups in total. The van der Waals surface area contributed by atoms with Crippen molar-refractivity contribution in [3.05, 3.63) is 70.8 Å². The third kappa shape index (κ3) is 7.83. The molecule has 9 nitrogen and oxygen atoms in total. The summed E-state index contributed by atoms with van der Waals surface area (Å²) in [6, 6.07) is 14.6. The van der Waals surface area contributed by atoms with Gasteiger partial charge in [-0.3, -0.25) is 9.59 Å². The Bertz CT molecular complexity index is 1690. The molecule has 11 heteroatoms. The number of amides is 2. The number of nitrogens with zero attached hydrogens (tertiary/aromatic N) is 1. The summed E-state index contributed by atoms with van der Waals surface area (Å²) in [6.45, 7) is 5.07. The van der Waals surface area contributed by atoms with Gasteiger partial charge in [0, 0.05) is 19.4 Å². The van der Waals surface area contributed by atoms with E-state index in [1.54, 1.807) is 11.8 Å². The number of thiocarbonyl (C=S) groups is 1. The first-order valence-electron chi connectivity index (χ1n) is 17.0. The number of benzene rings is 2. The minimum Gasteiger partial charge on any atom is -0.367 e. The van der Waals surface area contributed by atoms with Gasteiger partial charge in [0.15, 0.2) is 0 Å². The number of hydrogen-bond donors (Lipinski definition) is 4. The summed E-state index contributed by atoms with van der Waals surface area (Å²) in [4.78, 5) is 30.7. The average Bonchev–Trinajstić information content (AvgIpc) is 3.65. The highest BCUT2D eigenvalue weighted by molar-refractivity contribution is 7.99. The van der Waals surface area contributed by atoms with Crippen LogP contribution in [-0.2, 0) is 31.9 Å². The Morgan fingerprint density at radius 1 is 1.00 bits per heavy atom. The molecular formula is C38H45N5O4S2. The largest absolute Gasteiger partial charge is 0.367 e. The van der Waals surface area contributed by atoms with Crippen LogP contribution in [0.25, 0.3) is 0 Å². The highest BCUT2D eigenvalue weighted by Crippen LogP contribution is 2.47. The molecule has 2 heterocycles. The van der Waals surface area contributed by atoms with E-state index in [0.717, 1.165) is 35.3 Å². The number of hydrogen-bond acceptors (Lipinski definition) is 8. The van der Waals surface area contributed by atoms with E-state index in [-0.39, 0.29) is 54.7 Å². The zero-order valence-electron chi connectivity index (χ0n) is 28.3. The van der Waals surface area contributed by atoms with Crippen molar-refractivity contribution in [2.24, 2.45) is 11.1 Å². The highest BCUT2D eigenvalue weighted by atomic mass is 32.2. The number of ether oxygens (including phenoxy) is 2. The van der Waals surface area contributed by atoms with Crippen molar-refractivity contribution in [1.82, 2.24) is 20.9 Å². The van der Waals surface area contributed by atoms with Gasteiger partial charge in [0.05, 0.1) is 34.7 Å². The average molecular weight is 700 g/mol. The summed E-state index contributed by atoms with van der Waals surface area (Å²) in [5, 5.41) is 9.52. The number of carbonyl (C=O) groups excluding carboxylic acids is 2. The van der Waals surface area contributed by atoms with Crippen LogP contribution in [0.2, 0.25) is 0 Å². The maximum atomic E-state index is 14.3. The van der Waals surface area contributed by atoms with Crippen molar-refractivity contribution < 1.29 is 19.1 Å². The fraction of sp³-hybridized carbons (Fsp3) is 0.500. The molecule has 7 atom stereocenters. The third-order valence-electron chi connectivity index (χ3n) is 9.91. The first-order valence-corrected chi connectivity index (χ1v) is 18.4. The van der Waals surface area contributed by atoms with E-state index in [2.05, 4.69) is 71.7 Å². The Balaban J connectivity index is 1.08. The van der Waals surface area contributed by atoms with E-state index >= 15 is 0 Å². The zero-order chi connectivity index (χ0) is 34.5. The van der Waals surface area contributed by atoms with Crippen LogP contribution in [0.4, 0.5) is 0 Å². The van der Waals surface area contributed by atoms with E-state index in [9.17, 15) is 9.59 Å². The lowest BCUT2D eigenvalue weighted by Crippen LogP contribution is -2.57. The smallest absolute Gasteiger partial charge is 0.246 e. The fourth-order valence-electron chi connectivity index (χ4n) is 7.58. The van der Waals surface area contributed by atoms with Crippen molar-refractivity contribution in [1.29, 1.82) is 0 Å². The Morgan fingerprint density at radius 2 is 1.63 bits per heavy atom. The SMILES string of the molecule is CNCC(=S)N[C@H]1CCS[C@H]2CC(C)(C)[C@@H](C(=O)N[C@H]3c4ccccc4C[C@H]3OCC#CC#CCO[C@@H]3Cc4ccccc4[C@@H]3N)N2C1=O. The molecule has 2 amide bonds. The number of nitrogens with one attached hydrogen (secondary N) is 3. The van der Waals surface area contributed by atoms with Crippen LogP contribution >= 0.6 is 24.0 Å². The van der Waals surface area contributed by atoms with Gasteiger partial charge in [-0.05, 0) is 65.2 Å². The Labute approximate surface area is 299 Å². The minimum atomic E-state index is -0.628. The summed E-state index contributed by atoms with van der Waals surface area (Å²) in [7, 11) is 1.82. The van der Waals surface area contributed by atoms with Crippen LogP contribution in [0.3, 0.4) is 0 Å². The fourth-order valence-corrected chi connectivity index (χ4v) is 9.45. The van der Waals surface area contributed by atoms with Gasteiger partial charge in [0.1, 0.15) is 25.3 Å². The van der Waals surface area contributed by atoms with Gasteiger partial charge in [0.25, 0.3) is 0 Å². The molecule has 0 aromatic heterocycles. The molecule has 2 aromatic carbocycles. The maximum absolute atomic E-state index is 14.3. The predicted octanol–water partition coefficient (Wildman–Crippen LogP) is 3.03. The number of fused-ring (bicyclic) bond motifs is 3. The molecule has 2 aliphatic heterocycles. The zero-order valence-corrected chi connectivity index (χ0v) is 29.9. The standard InChI is InChI=1S/C38H45N5O4S2/c1-38(2)22-32-43(37(45)28(16-19-49-32)41-31(48)23-40-3)35(38)36(44)42-34-27-15-9-7-13-25(27)21-30(34)47-18-11-5-4-10-17-46-29-20-24-12-6-8-14-26(24)33(29)39/h6-9,12-15,28-30,32-35,40H,16-23,39H2,1-3H3,(H,41,48)(H,42,44)/t28-,29+,30+,32-,33-,34-,35+/m0/s1. The van der Waals surface area contributed by atoms with Crippen LogP contribution in [0, 0.1) is 29.1 Å². The number of carbonyl (C=O) groups is 2. The van der Waals surface area contributed by atoms with Crippen molar-refractivity contribution in [3.8, 4) is 23.7 Å². The number of thioether (sulfide) groups is 1. The Kier molecular flexibility index (Phi) is 11.3. The third-order valence-corrected chi connectivity index (χ3v) is 11.4. The monoisotopic (exact) mass is 699 g/mol. The van der Waals surface area contributed by atoms with Gasteiger partial charge < -0.3 is 36.1 Å². The lowest BCUT2D eigenvalue weighted by atomic mass is 9.83. The molecule has 4 aliphatic rings. The van der Waals surface area contributed by atoms with Crippen molar-refractivity contribution in [2.45, 2.75) is 81.3 Å². The van der Waals surface area contributed by atoms with Gasteiger partial charge in [-0.1, -0.05) is 86.4 Å². The number of nitrogens with two attached hydrogens (primary N) is 1. The van der Waals surface area contributed by atoms with E-state index in [0.29, 0.717) is 24.4 Å². The van der Waals surface area contributed by atoms with Crippen LogP contribution < -0.4 is 21.7 Å². The van der Waals surface area contributed by atoms with E-state index in [1.807, 2.05) is 42.3 Å². The normalized spacial score (nSPS) is 27.8. The van der Waals surface area contributed by atoms with Gasteiger partial charge in [-0.25, -0.2) is 0 Å². The van der Waals surface area contributed by atoms with Crippen molar-refractivity contribution >= 4 is 40.8 Å². The second-order valence-corrected chi connectivity index (χ2v) is 15.5. The van der Waals surface area contributed by atoms with Crippen LogP contribution in [0.5, 0.6) is 0 Å². The summed E-state index contributed by atoms with van der Waals surface area (Å²) in [6.07, 6.45) is 2.43. The molecule has 2 aromatic rings. The molecule has 0 saturated carbocycles. The van der Waals surface area contributed by atoms with Gasteiger partial charge >= 0.3 is 0 Å². The minimum absolute atomic E-state index is 0.0705. The van der Waals surface area contributed by atoms with E-state index < -0.39 is 17.5 Å². The maximum Gasteiger partial charge on any atom is 0.246 e. The molecular weight excluding hydrogens is 655 g/mol. The second-order valence-electron chi connectivity index (χ2n) is 13.7. The molecule has 6 rings (SSSR count). The van der Waals surface area contributed by atoms with Crippen LogP contribution in [-0.4, -0.2) is 83.9 Å². The Hall–Kier alpha value is -3.42. The first-order chi connectivity index (χ1) is 23.7. The van der Waals surface area contributed by atoms with Gasteiger partial charge in [-0.2, -0.15) is 0 Å². The lowest BCUT2D eigenvalue weighted by Gasteiger charge is -2.35. The predicted molar refractivity (Wildman–Crippen MR) is 196 cm³/mol. The topological polar surface area (TPSA) is 118 Å². The summed E-state index contributed by atoms with van der Waals surface area (Å²) in [5.74, 6) is 12.2. The number of likely N-dealkylation sites (N-methyl/N-ethyl adjacent to an activating group) is 1. The summed E-state index contributed by atoms with van der Waals surface area (Å²) < 4.78 is 12.2. The first kappa shape index (κ1) is 35.4. The molecule has 2 saturated heterocycles. The summed E-state index contributed by atoms with van der Waals surface area (Å²) in [5.41, 5.74) is 10.5. The molecule has 49 heavy (non-hydrogen) atoms. The molecule has 0 spiro atoms. The highest BCUT2D eigenvalue weighted by Gasteiger charge is 2.55.